The zero-order chi connectivity index (χ0) is 46.7. The minimum absolute atomic E-state index is 0.00675. The van der Waals surface area contributed by atoms with E-state index in [1.54, 1.807) is 25.3 Å². The van der Waals surface area contributed by atoms with Gasteiger partial charge in [0.05, 0.1) is 71.6 Å². The largest absolute Gasteiger partial charge is 0.481 e. The van der Waals surface area contributed by atoms with E-state index < -0.39 is 95.4 Å². The molecule has 1 amide bonds. The summed E-state index contributed by atoms with van der Waals surface area (Å²) in [5.74, 6) is -4.65. The molecule has 1 aromatic heterocycles. The van der Waals surface area contributed by atoms with Gasteiger partial charge in [-0.25, -0.2) is 4.79 Å². The van der Waals surface area contributed by atoms with E-state index in [1.165, 1.54) is 0 Å². The van der Waals surface area contributed by atoms with Gasteiger partial charge in [-0.1, -0.05) is 67.5 Å². The van der Waals surface area contributed by atoms with E-state index in [0.29, 0.717) is 63.5 Å². The van der Waals surface area contributed by atoms with Crippen molar-refractivity contribution in [2.45, 2.75) is 212 Å². The fraction of sp³-hybridized carbons (Fsp3) is 0.800. The number of aliphatic hydroxyl groups excluding tert-OH is 1. The van der Waals surface area contributed by atoms with Crippen LogP contribution < -0.4 is 5.32 Å². The molecular formula is C50H78N2O12. The number of ketones is 1. The van der Waals surface area contributed by atoms with Crippen LogP contribution in [0.5, 0.6) is 0 Å². The summed E-state index contributed by atoms with van der Waals surface area (Å²) >= 11 is 0. The van der Waals surface area contributed by atoms with Crippen molar-refractivity contribution in [3.8, 4) is 0 Å². The van der Waals surface area contributed by atoms with Gasteiger partial charge in [0.2, 0.25) is 0 Å². The molecule has 19 atom stereocenters. The van der Waals surface area contributed by atoms with Crippen LogP contribution in [0.1, 0.15) is 139 Å². The second-order valence-electron chi connectivity index (χ2n) is 20.3. The highest BCUT2D eigenvalue weighted by Crippen LogP contribution is 2.49. The third-order valence-electron chi connectivity index (χ3n) is 16.1. The molecule has 4 N–H and O–H groups in total. The number of aliphatic hydroxyl groups is 2. The third-order valence-corrected chi connectivity index (χ3v) is 16.1. The summed E-state index contributed by atoms with van der Waals surface area (Å²) in [6.45, 7) is 19.7. The van der Waals surface area contributed by atoms with Crippen LogP contribution in [0.2, 0.25) is 0 Å². The Morgan fingerprint density at radius 2 is 1.66 bits per heavy atom. The molecule has 0 aromatic carbocycles. The Bertz CT molecular complexity index is 1770. The summed E-state index contributed by atoms with van der Waals surface area (Å²) in [6.07, 6.45) is 6.79. The van der Waals surface area contributed by atoms with Gasteiger partial charge < -0.3 is 49.1 Å². The quantitative estimate of drug-likeness (QED) is 0.119. The topological polar surface area (TPSA) is 192 Å². The first-order valence-electron chi connectivity index (χ1n) is 24.3. The maximum atomic E-state index is 14.7. The molecular weight excluding hydrogens is 821 g/mol. The molecule has 5 aliphatic rings. The Balaban J connectivity index is 1.21. The number of Topliss-reactive ketones (excluding diaryl/α,β-unsaturated/α-hetero) is 1. The van der Waals surface area contributed by atoms with Crippen molar-refractivity contribution in [2.24, 2.45) is 41.4 Å². The van der Waals surface area contributed by atoms with Crippen molar-refractivity contribution in [3.63, 3.8) is 0 Å². The van der Waals surface area contributed by atoms with Crippen molar-refractivity contribution >= 4 is 17.8 Å². The van der Waals surface area contributed by atoms with Gasteiger partial charge in [0.1, 0.15) is 18.5 Å². The Morgan fingerprint density at radius 1 is 0.922 bits per heavy atom. The summed E-state index contributed by atoms with van der Waals surface area (Å²) < 4.78 is 39.8. The number of carbonyl (C=O) groups excluding carboxylic acids is 2. The predicted molar refractivity (Wildman–Crippen MR) is 239 cm³/mol. The van der Waals surface area contributed by atoms with Gasteiger partial charge in [0, 0.05) is 29.9 Å². The molecule has 6 rings (SSSR count). The van der Waals surface area contributed by atoms with Crippen LogP contribution in [-0.4, -0.2) is 110 Å². The normalized spacial score (nSPS) is 40.2. The molecule has 4 fully saturated rings. The average molecular weight is 899 g/mol. The first-order chi connectivity index (χ1) is 30.3. The van der Waals surface area contributed by atoms with Crippen LogP contribution in [-0.2, 0) is 44.6 Å². The second kappa shape index (κ2) is 20.9. The molecule has 4 saturated heterocycles. The molecule has 6 heterocycles. The SMILES string of the molecule is CC[C@@H](C(=O)[C@@H](C)[C@@H](O)[C@H](C)[C@@H]1O[C@@H]([C@@H](CC)C(=O)O)CC[C@@H]1C)[C@H]1O[C@]2(C=C[C@@H](NC(=O)OCc3ccccn3)C(C3CC[C@@](C)([C@H]4CC[C@](O)(CC)[C@H](C)O4)O3)O2)[C@H](C)C[C@@H]1C. The van der Waals surface area contributed by atoms with Gasteiger partial charge in [-0.15, -0.1) is 0 Å². The number of hydrogen-bond donors (Lipinski definition) is 4. The highest BCUT2D eigenvalue weighted by Gasteiger charge is 2.57. The lowest BCUT2D eigenvalue weighted by molar-refractivity contribution is -0.327. The Kier molecular flexibility index (Phi) is 16.5. The number of aromatic nitrogens is 1. The molecule has 14 heteroatoms. The van der Waals surface area contributed by atoms with E-state index in [-0.39, 0.29) is 42.4 Å². The van der Waals surface area contributed by atoms with Gasteiger partial charge in [0.25, 0.3) is 0 Å². The summed E-state index contributed by atoms with van der Waals surface area (Å²) in [7, 11) is 0. The average Bonchev–Trinajstić information content (AvgIpc) is 3.69. The number of nitrogens with zero attached hydrogens (tertiary/aromatic N) is 1. The number of hydrogen-bond acceptors (Lipinski definition) is 12. The van der Waals surface area contributed by atoms with Crippen molar-refractivity contribution in [1.82, 2.24) is 10.3 Å². The minimum atomic E-state index is -1.25. The zero-order valence-electron chi connectivity index (χ0n) is 39.9. The summed E-state index contributed by atoms with van der Waals surface area (Å²) in [5, 5.41) is 35.9. The molecule has 0 bridgehead atoms. The molecule has 0 saturated carbocycles. The van der Waals surface area contributed by atoms with Crippen molar-refractivity contribution < 1.29 is 58.1 Å². The van der Waals surface area contributed by atoms with E-state index in [0.717, 1.165) is 6.42 Å². The summed E-state index contributed by atoms with van der Waals surface area (Å²) in [5.41, 5.74) is -0.946. The van der Waals surface area contributed by atoms with E-state index in [9.17, 15) is 29.7 Å². The number of aliphatic carboxylic acids is 1. The summed E-state index contributed by atoms with van der Waals surface area (Å²) in [6, 6.07) is 4.77. The maximum Gasteiger partial charge on any atom is 0.408 e. The van der Waals surface area contributed by atoms with Crippen LogP contribution in [0, 0.1) is 41.4 Å². The zero-order valence-corrected chi connectivity index (χ0v) is 39.9. The van der Waals surface area contributed by atoms with E-state index in [1.807, 2.05) is 52.8 Å². The number of nitrogens with one attached hydrogen (secondary N) is 1. The Morgan fingerprint density at radius 3 is 2.30 bits per heavy atom. The molecule has 1 aromatic rings. The lowest BCUT2D eigenvalue weighted by Crippen LogP contribution is -2.62. The second-order valence-corrected chi connectivity index (χ2v) is 20.3. The Hall–Kier alpha value is -2.98. The Labute approximate surface area is 380 Å². The molecule has 0 radical (unpaired) electrons. The molecule has 14 nitrogen and oxygen atoms in total. The molecule has 360 valence electrons. The molecule has 1 spiro atoms. The third kappa shape index (κ3) is 10.6. The first kappa shape index (κ1) is 50.4. The van der Waals surface area contributed by atoms with Crippen molar-refractivity contribution in [3.05, 3.63) is 42.2 Å². The molecule has 64 heavy (non-hydrogen) atoms. The maximum absolute atomic E-state index is 14.7. The van der Waals surface area contributed by atoms with Gasteiger partial charge in [0.15, 0.2) is 5.79 Å². The van der Waals surface area contributed by atoms with Gasteiger partial charge in [-0.2, -0.15) is 0 Å². The number of rotatable bonds is 16. The first-order valence-corrected chi connectivity index (χ1v) is 24.3. The van der Waals surface area contributed by atoms with Crippen LogP contribution >= 0.6 is 0 Å². The van der Waals surface area contributed by atoms with Crippen LogP contribution in [0.15, 0.2) is 36.5 Å². The van der Waals surface area contributed by atoms with Gasteiger partial charge in [-0.05, 0) is 108 Å². The number of pyridine rings is 1. The van der Waals surface area contributed by atoms with Gasteiger partial charge >= 0.3 is 12.1 Å². The summed E-state index contributed by atoms with van der Waals surface area (Å²) in [4.78, 5) is 44.4. The van der Waals surface area contributed by atoms with Gasteiger partial charge in [-0.3, -0.25) is 14.6 Å². The lowest BCUT2D eigenvalue weighted by atomic mass is 9.72. The molecule has 5 aliphatic heterocycles. The highest BCUT2D eigenvalue weighted by molar-refractivity contribution is 5.84. The van der Waals surface area contributed by atoms with Crippen LogP contribution in [0.4, 0.5) is 4.79 Å². The fourth-order valence-electron chi connectivity index (χ4n) is 11.6. The van der Waals surface area contributed by atoms with Crippen molar-refractivity contribution in [2.75, 3.05) is 0 Å². The highest BCUT2D eigenvalue weighted by atomic mass is 16.7. The predicted octanol–water partition coefficient (Wildman–Crippen LogP) is 7.56. The van der Waals surface area contributed by atoms with E-state index >= 15 is 0 Å². The fourth-order valence-corrected chi connectivity index (χ4v) is 11.6. The number of carbonyl (C=O) groups is 3. The number of amides is 1. The standard InChI is InChI=1S/C50H78N2O12/c1-11-35(46(55)56)38-18-17-28(4)43(61-38)32(8)41(53)31(7)42(54)36(12-2)44-29(5)26-30(6)50(63-44)24-19-37(52-47(57)59-27-34-16-14-15-25-51-34)45(64-50)39-20-22-48(10,62-39)40-21-23-49(58,13-3)33(9)60-40/h14-16,19,24-25,28-33,35-41,43-45,53,58H,11-13,17-18,20-23,26-27H2,1-10H3,(H,52,57)(H,55,56)/t28-,29-,30+,31-,32-,33-,35+,36-,37+,38+,39?,40+,41+,43+,44-,45?,48-,49+,50-/m0/s1. The lowest BCUT2D eigenvalue weighted by Gasteiger charge is -2.52. The van der Waals surface area contributed by atoms with Crippen LogP contribution in [0.3, 0.4) is 0 Å². The molecule has 2 unspecified atom stereocenters. The monoisotopic (exact) mass is 899 g/mol. The number of alkyl carbamates (subject to hydrolysis) is 1. The number of carboxylic acids is 1. The van der Waals surface area contributed by atoms with E-state index in [4.69, 9.17) is 28.4 Å². The van der Waals surface area contributed by atoms with Crippen molar-refractivity contribution in [1.29, 1.82) is 0 Å². The van der Waals surface area contributed by atoms with E-state index in [2.05, 4.69) is 38.0 Å². The number of ether oxygens (including phenoxy) is 6. The molecule has 0 aliphatic carbocycles. The minimum Gasteiger partial charge on any atom is -0.481 e. The smallest absolute Gasteiger partial charge is 0.408 e. The number of carboxylic acid groups (broad SMARTS) is 1. The van der Waals surface area contributed by atoms with Crippen LogP contribution in [0.25, 0.3) is 0 Å².